The lowest BCUT2D eigenvalue weighted by Crippen LogP contribution is -2.29. The fourth-order valence-corrected chi connectivity index (χ4v) is 10.4. The summed E-state index contributed by atoms with van der Waals surface area (Å²) in [7, 11) is 0. The molecule has 8 rings (SSSR count). The number of benzene rings is 2. The van der Waals surface area contributed by atoms with Crippen molar-refractivity contribution in [1.29, 1.82) is 0 Å². The minimum Gasteiger partial charge on any atom is -0.508 e. The Kier molecular flexibility index (Phi) is 8.76. The zero-order valence-corrected chi connectivity index (χ0v) is 27.7. The van der Waals surface area contributed by atoms with Gasteiger partial charge in [-0.1, -0.05) is 88.2 Å². The van der Waals surface area contributed by atoms with Crippen LogP contribution in [0.3, 0.4) is 0 Å². The van der Waals surface area contributed by atoms with Crippen LogP contribution < -0.4 is 0 Å². The molecule has 1 N–H and O–H groups in total. The van der Waals surface area contributed by atoms with Gasteiger partial charge in [-0.25, -0.2) is 0 Å². The van der Waals surface area contributed by atoms with Crippen molar-refractivity contribution in [2.75, 3.05) is 0 Å². The van der Waals surface area contributed by atoms with Crippen LogP contribution in [-0.2, 0) is 0 Å². The minimum atomic E-state index is 0.385. The van der Waals surface area contributed by atoms with Gasteiger partial charge in [0.05, 0.1) is 0 Å². The molecule has 2 saturated carbocycles. The topological polar surface area (TPSA) is 20.2 Å². The minimum absolute atomic E-state index is 0.385. The van der Waals surface area contributed by atoms with Gasteiger partial charge in [0.2, 0.25) is 0 Å². The summed E-state index contributed by atoms with van der Waals surface area (Å²) in [6.45, 7) is 6.89. The van der Waals surface area contributed by atoms with E-state index in [0.717, 1.165) is 17.8 Å². The lowest BCUT2D eigenvalue weighted by atomic mass is 9.61. The molecule has 6 aliphatic carbocycles. The summed E-state index contributed by atoms with van der Waals surface area (Å²) in [5, 5.41) is 9.82. The number of phenolic OH excluding ortho intramolecular Hbond substituents is 1. The Hall–Kier alpha value is -2.80. The maximum absolute atomic E-state index is 9.82. The Labute approximate surface area is 267 Å². The highest BCUT2D eigenvalue weighted by Crippen LogP contribution is 2.54. The molecule has 2 fully saturated rings. The number of aromatic hydroxyl groups is 1. The number of fused-ring (bicyclic) bond motifs is 6. The number of hydrogen-bond donors (Lipinski definition) is 1. The van der Waals surface area contributed by atoms with Crippen LogP contribution >= 0.6 is 0 Å². The summed E-state index contributed by atoms with van der Waals surface area (Å²) in [6, 6.07) is 17.0. The molecule has 0 saturated heterocycles. The van der Waals surface area contributed by atoms with Gasteiger partial charge < -0.3 is 5.11 Å². The molecule has 0 aliphatic heterocycles. The second-order valence-electron chi connectivity index (χ2n) is 15.0. The van der Waals surface area contributed by atoms with E-state index in [1.165, 1.54) is 125 Å². The van der Waals surface area contributed by atoms with Gasteiger partial charge in [0.1, 0.15) is 5.75 Å². The molecule has 0 radical (unpaired) electrons. The van der Waals surface area contributed by atoms with E-state index in [1.54, 1.807) is 22.8 Å². The normalized spacial score (nSPS) is 30.1. The van der Waals surface area contributed by atoms with Crippen molar-refractivity contribution in [2.24, 2.45) is 23.7 Å². The Bertz CT molecular complexity index is 1410. The van der Waals surface area contributed by atoms with Crippen molar-refractivity contribution in [3.8, 4) is 5.75 Å². The fraction of sp³-hybridized carbons (Fsp3) is 0.535. The number of rotatable bonds is 2. The summed E-state index contributed by atoms with van der Waals surface area (Å²) < 4.78 is 0. The van der Waals surface area contributed by atoms with Gasteiger partial charge in [0, 0.05) is 11.8 Å². The highest BCUT2D eigenvalue weighted by molar-refractivity contribution is 5.71. The lowest BCUT2D eigenvalue weighted by Gasteiger charge is -2.43. The van der Waals surface area contributed by atoms with Gasteiger partial charge in [-0.05, 0) is 157 Å². The molecule has 0 aromatic heterocycles. The fourth-order valence-electron chi connectivity index (χ4n) is 10.4. The molecule has 6 aliphatic rings. The van der Waals surface area contributed by atoms with Gasteiger partial charge in [0.15, 0.2) is 0 Å². The van der Waals surface area contributed by atoms with Gasteiger partial charge in [0.25, 0.3) is 0 Å². The highest BCUT2D eigenvalue weighted by atomic mass is 16.3. The Morgan fingerprint density at radius 2 is 1.09 bits per heavy atom. The van der Waals surface area contributed by atoms with Crippen LogP contribution in [0.25, 0.3) is 11.1 Å². The van der Waals surface area contributed by atoms with Crippen molar-refractivity contribution in [3.05, 3.63) is 98.7 Å². The molecule has 232 valence electrons. The predicted molar refractivity (Wildman–Crippen MR) is 186 cm³/mol. The van der Waals surface area contributed by atoms with Crippen molar-refractivity contribution in [2.45, 2.75) is 124 Å². The van der Waals surface area contributed by atoms with Crippen LogP contribution in [0.2, 0.25) is 0 Å². The van der Waals surface area contributed by atoms with E-state index in [-0.39, 0.29) is 0 Å². The Morgan fingerprint density at radius 1 is 0.591 bits per heavy atom. The molecule has 44 heavy (non-hydrogen) atoms. The first-order valence-electron chi connectivity index (χ1n) is 18.2. The van der Waals surface area contributed by atoms with Crippen LogP contribution in [0.5, 0.6) is 5.75 Å². The third-order valence-electron chi connectivity index (χ3n) is 12.4. The maximum atomic E-state index is 9.82. The van der Waals surface area contributed by atoms with E-state index >= 15 is 0 Å². The van der Waals surface area contributed by atoms with E-state index in [9.17, 15) is 5.11 Å². The van der Waals surface area contributed by atoms with Crippen LogP contribution in [0.15, 0.2) is 82.0 Å². The molecule has 0 spiro atoms. The third kappa shape index (κ3) is 5.81. The van der Waals surface area contributed by atoms with E-state index < -0.39 is 0 Å². The summed E-state index contributed by atoms with van der Waals surface area (Å²) in [5.74, 6) is 3.50. The quantitative estimate of drug-likeness (QED) is 0.347. The first-order chi connectivity index (χ1) is 21.5. The first-order valence-corrected chi connectivity index (χ1v) is 18.2. The van der Waals surface area contributed by atoms with Gasteiger partial charge in [-0.15, -0.1) is 0 Å². The average molecular weight is 587 g/mol. The van der Waals surface area contributed by atoms with Crippen LogP contribution in [0, 0.1) is 30.6 Å². The maximum Gasteiger partial charge on any atom is 0.116 e. The Morgan fingerprint density at radius 3 is 1.61 bits per heavy atom. The molecule has 0 amide bonds. The number of phenols is 1. The molecular weight excluding hydrogens is 532 g/mol. The van der Waals surface area contributed by atoms with Crippen molar-refractivity contribution >= 4 is 11.1 Å². The largest absolute Gasteiger partial charge is 0.508 e. The third-order valence-corrected chi connectivity index (χ3v) is 12.4. The summed E-state index contributed by atoms with van der Waals surface area (Å²) in [5.41, 5.74) is 18.0. The molecule has 1 heteroatoms. The number of hydrogen-bond acceptors (Lipinski definition) is 1. The molecule has 4 bridgehead atoms. The smallest absolute Gasteiger partial charge is 0.116 e. The number of allylic oxidation sites excluding steroid dienone is 8. The van der Waals surface area contributed by atoms with E-state index in [1.807, 2.05) is 34.4 Å². The number of aryl methyl sites for hydroxylation is 1. The molecule has 4 atom stereocenters. The standard InChI is InChI=1S/C22H28.C21H26O/c1-15-7-5-9-17(13-15)16(2)22-19-10-6-12-21(22)20-11-4-3-8-18(20)14-19;1-14(15-7-4-9-18(22)13-15)21-17-8-5-11-20(21)19-10-3-2-6-16(19)12-17/h5,7,9,13,19,21H,3-4,6,8,10-12,14H2,1-2H3;4,7,9,13,17,20,22H,2-3,5-6,8,10-12H2,1H3/b22-16-;21-14-. The SMILES string of the molecule is C/C(=C1\C2CCCC1C1=C(CCCC1)C2)c1cccc(C)c1.C/C(=C1\C2CCCC1C1=C(CCCC1)C2)c1cccc(O)c1. The molecule has 0 heterocycles. The van der Waals surface area contributed by atoms with Gasteiger partial charge in [-0.2, -0.15) is 0 Å². The van der Waals surface area contributed by atoms with Gasteiger partial charge in [-0.3, -0.25) is 0 Å². The molecule has 4 unspecified atom stereocenters. The predicted octanol–water partition coefficient (Wildman–Crippen LogP) is 12.3. The molecular formula is C43H54O. The Balaban J connectivity index is 0.000000142. The molecule has 1 nitrogen and oxygen atoms in total. The van der Waals surface area contributed by atoms with Crippen molar-refractivity contribution < 1.29 is 5.11 Å². The summed E-state index contributed by atoms with van der Waals surface area (Å²) in [6.07, 6.45) is 22.2. The second kappa shape index (κ2) is 12.9. The van der Waals surface area contributed by atoms with Gasteiger partial charge >= 0.3 is 0 Å². The van der Waals surface area contributed by atoms with Crippen molar-refractivity contribution in [3.63, 3.8) is 0 Å². The summed E-state index contributed by atoms with van der Waals surface area (Å²) >= 11 is 0. The van der Waals surface area contributed by atoms with Crippen LogP contribution in [0.4, 0.5) is 0 Å². The lowest BCUT2D eigenvalue weighted by molar-refractivity contribution is 0.347. The first kappa shape index (κ1) is 29.9. The average Bonchev–Trinajstić information content (AvgIpc) is 3.04. The van der Waals surface area contributed by atoms with Crippen LogP contribution in [-0.4, -0.2) is 5.11 Å². The van der Waals surface area contributed by atoms with Crippen LogP contribution in [0.1, 0.15) is 133 Å². The van der Waals surface area contributed by atoms with E-state index in [2.05, 4.69) is 51.1 Å². The van der Waals surface area contributed by atoms with Crippen molar-refractivity contribution in [1.82, 2.24) is 0 Å². The van der Waals surface area contributed by atoms with E-state index in [4.69, 9.17) is 0 Å². The second-order valence-corrected chi connectivity index (χ2v) is 15.0. The zero-order valence-electron chi connectivity index (χ0n) is 27.7. The molecule has 2 aromatic carbocycles. The monoisotopic (exact) mass is 586 g/mol. The zero-order chi connectivity index (χ0) is 30.2. The highest BCUT2D eigenvalue weighted by Gasteiger charge is 2.39. The summed E-state index contributed by atoms with van der Waals surface area (Å²) in [4.78, 5) is 0. The van der Waals surface area contributed by atoms with E-state index in [0.29, 0.717) is 11.7 Å². The molecule has 2 aromatic rings.